The summed E-state index contributed by atoms with van der Waals surface area (Å²) < 4.78 is 22.9. The lowest BCUT2D eigenvalue weighted by Crippen LogP contribution is -2.57. The molecule has 1 aliphatic rings. The molecule has 5 nitrogen and oxygen atoms in total. The lowest BCUT2D eigenvalue weighted by molar-refractivity contribution is -0.297. The van der Waals surface area contributed by atoms with E-state index >= 15 is 0 Å². The molecule has 114 valence electrons. The van der Waals surface area contributed by atoms with Crippen molar-refractivity contribution in [2.45, 2.75) is 58.2 Å². The Hall–Kier alpha value is -0.200. The van der Waals surface area contributed by atoms with Gasteiger partial charge in [-0.15, -0.1) is 0 Å². The zero-order chi connectivity index (χ0) is 14.3. The Morgan fingerprint density at radius 2 is 1.63 bits per heavy atom. The highest BCUT2D eigenvalue weighted by molar-refractivity contribution is 4.89. The average molecular weight is 276 g/mol. The van der Waals surface area contributed by atoms with Crippen molar-refractivity contribution in [3.05, 3.63) is 0 Å². The molecule has 1 heterocycles. The quantitative estimate of drug-likeness (QED) is 0.729. The number of aliphatic hydroxyl groups is 1. The molecule has 0 bridgehead atoms. The van der Waals surface area contributed by atoms with Crippen LogP contribution in [-0.2, 0) is 18.9 Å². The van der Waals surface area contributed by atoms with Gasteiger partial charge in [0.05, 0.1) is 18.8 Å². The van der Waals surface area contributed by atoms with E-state index < -0.39 is 6.29 Å². The topological polar surface area (TPSA) is 57.2 Å². The summed E-state index contributed by atoms with van der Waals surface area (Å²) in [4.78, 5) is 0. The van der Waals surface area contributed by atoms with Crippen molar-refractivity contribution < 1.29 is 24.1 Å². The van der Waals surface area contributed by atoms with Crippen LogP contribution >= 0.6 is 0 Å². The SMILES string of the molecule is CCCOC1[C@@H](OC)OC(CO)[C@@H](C)[C@@H]1OCCC. The first-order chi connectivity index (χ1) is 9.19. The number of methoxy groups -OCH3 is 1. The first-order valence-electron chi connectivity index (χ1n) is 7.21. The Morgan fingerprint density at radius 3 is 2.11 bits per heavy atom. The van der Waals surface area contributed by atoms with E-state index in [9.17, 15) is 5.11 Å². The molecule has 1 saturated heterocycles. The van der Waals surface area contributed by atoms with Crippen molar-refractivity contribution >= 4 is 0 Å². The van der Waals surface area contributed by atoms with E-state index in [4.69, 9.17) is 18.9 Å². The van der Waals surface area contributed by atoms with E-state index in [1.54, 1.807) is 7.11 Å². The summed E-state index contributed by atoms with van der Waals surface area (Å²) in [7, 11) is 1.59. The number of hydrogen-bond acceptors (Lipinski definition) is 5. The van der Waals surface area contributed by atoms with E-state index in [-0.39, 0.29) is 30.8 Å². The van der Waals surface area contributed by atoms with Gasteiger partial charge in [-0.1, -0.05) is 20.8 Å². The van der Waals surface area contributed by atoms with Crippen molar-refractivity contribution in [3.63, 3.8) is 0 Å². The summed E-state index contributed by atoms with van der Waals surface area (Å²) in [6, 6.07) is 0. The molecule has 1 rings (SSSR count). The lowest BCUT2D eigenvalue weighted by atomic mass is 9.90. The Morgan fingerprint density at radius 1 is 1.05 bits per heavy atom. The highest BCUT2D eigenvalue weighted by atomic mass is 16.7. The van der Waals surface area contributed by atoms with Crippen LogP contribution in [-0.4, -0.2) is 56.6 Å². The Balaban J connectivity index is 2.77. The number of rotatable bonds is 8. The van der Waals surface area contributed by atoms with Gasteiger partial charge in [0.25, 0.3) is 0 Å². The molecule has 1 fully saturated rings. The van der Waals surface area contributed by atoms with Gasteiger partial charge in [0.15, 0.2) is 6.29 Å². The highest BCUT2D eigenvalue weighted by Gasteiger charge is 2.45. The Bertz CT molecular complexity index is 236. The molecule has 19 heavy (non-hydrogen) atoms. The van der Waals surface area contributed by atoms with Gasteiger partial charge in [-0.2, -0.15) is 0 Å². The van der Waals surface area contributed by atoms with Crippen LogP contribution in [0.5, 0.6) is 0 Å². The predicted molar refractivity (Wildman–Crippen MR) is 72.0 cm³/mol. The molecule has 0 aromatic rings. The Labute approximate surface area is 116 Å². The normalized spacial score (nSPS) is 35.5. The minimum atomic E-state index is -0.484. The maximum Gasteiger partial charge on any atom is 0.186 e. The van der Waals surface area contributed by atoms with Gasteiger partial charge in [0, 0.05) is 26.2 Å². The Kier molecular flexibility index (Phi) is 7.87. The summed E-state index contributed by atoms with van der Waals surface area (Å²) in [6.07, 6.45) is 0.781. The molecular formula is C14H28O5. The minimum Gasteiger partial charge on any atom is -0.394 e. The monoisotopic (exact) mass is 276 g/mol. The fraction of sp³-hybridized carbons (Fsp3) is 1.00. The molecule has 0 radical (unpaired) electrons. The van der Waals surface area contributed by atoms with Gasteiger partial charge in [0.2, 0.25) is 0 Å². The van der Waals surface area contributed by atoms with Crippen LogP contribution in [0, 0.1) is 5.92 Å². The van der Waals surface area contributed by atoms with E-state index in [1.165, 1.54) is 0 Å². The maximum absolute atomic E-state index is 9.40. The molecule has 0 aliphatic carbocycles. The third-order valence-electron chi connectivity index (χ3n) is 3.45. The lowest BCUT2D eigenvalue weighted by Gasteiger charge is -2.44. The second-order valence-corrected chi connectivity index (χ2v) is 4.99. The third-order valence-corrected chi connectivity index (χ3v) is 3.45. The summed E-state index contributed by atoms with van der Waals surface area (Å²) in [5, 5.41) is 9.40. The highest BCUT2D eigenvalue weighted by Crippen LogP contribution is 2.30. The van der Waals surface area contributed by atoms with Crippen molar-refractivity contribution in [2.75, 3.05) is 26.9 Å². The minimum absolute atomic E-state index is 0.0342. The molecule has 0 saturated carbocycles. The van der Waals surface area contributed by atoms with E-state index in [0.29, 0.717) is 13.2 Å². The molecule has 0 aromatic carbocycles. The molecule has 5 atom stereocenters. The number of hydrogen-bond donors (Lipinski definition) is 1. The second kappa shape index (κ2) is 8.87. The molecular weight excluding hydrogens is 248 g/mol. The van der Waals surface area contributed by atoms with E-state index in [1.807, 2.05) is 6.92 Å². The summed E-state index contributed by atoms with van der Waals surface area (Å²) in [6.45, 7) is 7.45. The zero-order valence-electron chi connectivity index (χ0n) is 12.5. The average Bonchev–Trinajstić information content (AvgIpc) is 2.44. The molecule has 1 N–H and O–H groups in total. The second-order valence-electron chi connectivity index (χ2n) is 4.99. The maximum atomic E-state index is 9.40. The van der Waals surface area contributed by atoms with Crippen molar-refractivity contribution in [1.82, 2.24) is 0 Å². The van der Waals surface area contributed by atoms with E-state index in [2.05, 4.69) is 13.8 Å². The largest absolute Gasteiger partial charge is 0.394 e. The number of ether oxygens (including phenoxy) is 4. The molecule has 0 aromatic heterocycles. The van der Waals surface area contributed by atoms with Crippen molar-refractivity contribution in [3.8, 4) is 0 Å². The first-order valence-corrected chi connectivity index (χ1v) is 7.21. The van der Waals surface area contributed by atoms with Crippen molar-refractivity contribution in [1.29, 1.82) is 0 Å². The fourth-order valence-corrected chi connectivity index (χ4v) is 2.37. The molecule has 5 heteroatoms. The van der Waals surface area contributed by atoms with Gasteiger partial charge < -0.3 is 24.1 Å². The van der Waals surface area contributed by atoms with Gasteiger partial charge >= 0.3 is 0 Å². The van der Waals surface area contributed by atoms with Crippen LogP contribution < -0.4 is 0 Å². The predicted octanol–water partition coefficient (Wildman–Crippen LogP) is 1.58. The smallest absolute Gasteiger partial charge is 0.186 e. The van der Waals surface area contributed by atoms with E-state index in [0.717, 1.165) is 12.8 Å². The van der Waals surface area contributed by atoms with Crippen molar-refractivity contribution in [2.24, 2.45) is 5.92 Å². The molecule has 1 aliphatic heterocycles. The fourth-order valence-electron chi connectivity index (χ4n) is 2.37. The van der Waals surface area contributed by atoms with Crippen LogP contribution in [0.4, 0.5) is 0 Å². The molecule has 0 amide bonds. The van der Waals surface area contributed by atoms with Crippen LogP contribution in [0.3, 0.4) is 0 Å². The van der Waals surface area contributed by atoms with Crippen LogP contribution in [0.25, 0.3) is 0 Å². The number of aliphatic hydroxyl groups excluding tert-OH is 1. The zero-order valence-corrected chi connectivity index (χ0v) is 12.5. The standard InChI is InChI=1S/C14H28O5/c1-5-7-17-12-10(3)11(9-15)19-14(16-4)13(12)18-8-6-2/h10-15H,5-9H2,1-4H3/t10-,11?,12+,13?,14+/m1/s1. The summed E-state index contributed by atoms with van der Waals surface area (Å²) in [5.41, 5.74) is 0. The van der Waals surface area contributed by atoms with Gasteiger partial charge in [0.1, 0.15) is 6.10 Å². The van der Waals surface area contributed by atoms with Crippen LogP contribution in [0.2, 0.25) is 0 Å². The van der Waals surface area contributed by atoms with Gasteiger partial charge in [-0.05, 0) is 12.8 Å². The first kappa shape index (κ1) is 16.9. The summed E-state index contributed by atoms with van der Waals surface area (Å²) >= 11 is 0. The summed E-state index contributed by atoms with van der Waals surface area (Å²) in [5.74, 6) is 0.0739. The third kappa shape index (κ3) is 4.39. The molecule has 2 unspecified atom stereocenters. The van der Waals surface area contributed by atoms with Gasteiger partial charge in [-0.25, -0.2) is 0 Å². The molecule has 0 spiro atoms. The van der Waals surface area contributed by atoms with Crippen LogP contribution in [0.15, 0.2) is 0 Å². The van der Waals surface area contributed by atoms with Gasteiger partial charge in [-0.3, -0.25) is 0 Å². The van der Waals surface area contributed by atoms with Crippen LogP contribution in [0.1, 0.15) is 33.6 Å².